The summed E-state index contributed by atoms with van der Waals surface area (Å²) in [5, 5.41) is 7.36. The summed E-state index contributed by atoms with van der Waals surface area (Å²) in [4.78, 5) is 11.1. The van der Waals surface area contributed by atoms with Crippen LogP contribution in [0, 0.1) is 11.3 Å². The summed E-state index contributed by atoms with van der Waals surface area (Å²) < 4.78 is 30.1. The zero-order chi connectivity index (χ0) is 17.0. The van der Waals surface area contributed by atoms with Crippen LogP contribution in [0.1, 0.15) is 16.9 Å². The van der Waals surface area contributed by atoms with Gasteiger partial charge in [0.05, 0.1) is 4.90 Å². The third-order valence-corrected chi connectivity index (χ3v) is 4.84. The average molecular weight is 331 g/mol. The van der Waals surface area contributed by atoms with Crippen molar-refractivity contribution in [2.75, 3.05) is 0 Å². The van der Waals surface area contributed by atoms with Crippen molar-refractivity contribution >= 4 is 21.8 Å². The highest BCUT2D eigenvalue weighted by Gasteiger charge is 2.28. The van der Waals surface area contributed by atoms with Gasteiger partial charge in [0, 0.05) is 6.08 Å². The fourth-order valence-corrected chi connectivity index (χ4v) is 3.07. The van der Waals surface area contributed by atoms with Crippen LogP contribution in [0.15, 0.2) is 57.4 Å². The van der Waals surface area contributed by atoms with Crippen LogP contribution in [-0.4, -0.2) is 14.3 Å². The van der Waals surface area contributed by atoms with Crippen LogP contribution in [0.25, 0.3) is 6.08 Å². The lowest BCUT2D eigenvalue weighted by Gasteiger charge is -2.10. The minimum atomic E-state index is -3.82. The Bertz CT molecular complexity index is 892. The topological polar surface area (TPSA) is 140 Å². The van der Waals surface area contributed by atoms with Gasteiger partial charge in [-0.25, -0.2) is 8.42 Å². The minimum Gasteiger partial charge on any atom is -0.459 e. The van der Waals surface area contributed by atoms with Gasteiger partial charge in [-0.05, 0) is 24.3 Å². The lowest BCUT2D eigenvalue weighted by Crippen LogP contribution is -2.21. The Labute approximate surface area is 132 Å². The predicted octanol–water partition coefficient (Wildman–Crippen LogP) is 1.10. The van der Waals surface area contributed by atoms with E-state index in [4.69, 9.17) is 21.1 Å². The molecule has 1 heterocycles. The maximum Gasteiger partial charge on any atom is 0.259 e. The number of nitrogens with two attached hydrogens (primary N) is 2. The number of amides is 1. The Morgan fingerprint density at radius 3 is 2.43 bits per heavy atom. The van der Waals surface area contributed by atoms with Crippen molar-refractivity contribution in [3.8, 4) is 6.07 Å². The number of nitriles is 1. The molecule has 1 aromatic heterocycles. The smallest absolute Gasteiger partial charge is 0.259 e. The summed E-state index contributed by atoms with van der Waals surface area (Å²) in [6, 6.07) is 12.1. The van der Waals surface area contributed by atoms with Crippen LogP contribution >= 0.6 is 0 Å². The second kappa shape index (κ2) is 6.48. The quantitative estimate of drug-likeness (QED) is 0.621. The molecule has 0 aliphatic heterocycles. The number of furan rings is 1. The average Bonchev–Trinajstić information content (AvgIpc) is 3.00. The molecule has 8 heteroatoms. The second-order valence-electron chi connectivity index (χ2n) is 4.55. The molecule has 2 rings (SSSR count). The van der Waals surface area contributed by atoms with Crippen molar-refractivity contribution in [1.29, 1.82) is 5.26 Å². The predicted molar refractivity (Wildman–Crippen MR) is 82.0 cm³/mol. The van der Waals surface area contributed by atoms with Gasteiger partial charge in [0.15, 0.2) is 5.37 Å². The van der Waals surface area contributed by atoms with Crippen LogP contribution in [0.2, 0.25) is 0 Å². The zero-order valence-electron chi connectivity index (χ0n) is 11.8. The summed E-state index contributed by atoms with van der Waals surface area (Å²) in [5.41, 5.74) is 10.5. The van der Waals surface area contributed by atoms with E-state index < -0.39 is 21.1 Å². The van der Waals surface area contributed by atoms with E-state index in [0.717, 1.165) is 6.08 Å². The molecule has 118 valence electrons. The lowest BCUT2D eigenvalue weighted by atomic mass is 10.2. The molecule has 0 spiro atoms. The SMILES string of the molecule is N#C/C(=C\c1ccc(C(N)S(=O)(=O)c2ccccc2)o1)C(N)=O. The van der Waals surface area contributed by atoms with Gasteiger partial charge in [0.1, 0.15) is 23.2 Å². The normalized spacial score (nSPS) is 13.3. The first kappa shape index (κ1) is 16.5. The van der Waals surface area contributed by atoms with Gasteiger partial charge >= 0.3 is 0 Å². The zero-order valence-corrected chi connectivity index (χ0v) is 12.7. The number of carbonyl (C=O) groups is 1. The van der Waals surface area contributed by atoms with Crippen molar-refractivity contribution in [2.24, 2.45) is 11.5 Å². The van der Waals surface area contributed by atoms with Crippen molar-refractivity contribution in [3.05, 3.63) is 59.6 Å². The van der Waals surface area contributed by atoms with Crippen molar-refractivity contribution < 1.29 is 17.6 Å². The van der Waals surface area contributed by atoms with Crippen LogP contribution in [0.4, 0.5) is 0 Å². The Balaban J connectivity index is 2.34. The van der Waals surface area contributed by atoms with Crippen LogP contribution in [0.3, 0.4) is 0 Å². The van der Waals surface area contributed by atoms with E-state index in [1.54, 1.807) is 24.3 Å². The van der Waals surface area contributed by atoms with Gasteiger partial charge in [-0.2, -0.15) is 5.26 Å². The first-order valence-corrected chi connectivity index (χ1v) is 7.96. The molecule has 7 nitrogen and oxygen atoms in total. The van der Waals surface area contributed by atoms with Gasteiger partial charge in [-0.15, -0.1) is 0 Å². The first-order chi connectivity index (χ1) is 10.9. The molecule has 0 saturated carbocycles. The minimum absolute atomic E-state index is 0.0122. The highest BCUT2D eigenvalue weighted by Crippen LogP contribution is 2.26. The standard InChI is InChI=1S/C15H13N3O4S/c16-9-10(14(17)19)8-11-6-7-13(22-11)15(18)23(20,21)12-4-2-1-3-5-12/h1-8,15H,18H2,(H2,17,19)/b10-8+. The number of hydrogen-bond donors (Lipinski definition) is 2. The molecular weight excluding hydrogens is 318 g/mol. The number of hydrogen-bond acceptors (Lipinski definition) is 6. The van der Waals surface area contributed by atoms with E-state index in [2.05, 4.69) is 0 Å². The molecule has 0 radical (unpaired) electrons. The summed E-state index contributed by atoms with van der Waals surface area (Å²) >= 11 is 0. The maximum atomic E-state index is 12.4. The molecule has 0 aliphatic rings. The highest BCUT2D eigenvalue weighted by atomic mass is 32.2. The molecule has 2 aromatic rings. The Hall–Kier alpha value is -2.89. The largest absolute Gasteiger partial charge is 0.459 e. The molecule has 4 N–H and O–H groups in total. The summed E-state index contributed by atoms with van der Waals surface area (Å²) in [5.74, 6) is -0.817. The molecule has 23 heavy (non-hydrogen) atoms. The summed E-state index contributed by atoms with van der Waals surface area (Å²) in [6.07, 6.45) is 1.12. The Morgan fingerprint density at radius 2 is 1.87 bits per heavy atom. The van der Waals surface area contributed by atoms with Gasteiger partial charge in [0.25, 0.3) is 5.91 Å². The van der Waals surface area contributed by atoms with Crippen LogP contribution in [0.5, 0.6) is 0 Å². The fraction of sp³-hybridized carbons (Fsp3) is 0.0667. The maximum absolute atomic E-state index is 12.4. The van der Waals surface area contributed by atoms with Crippen molar-refractivity contribution in [1.82, 2.24) is 0 Å². The molecule has 0 aliphatic carbocycles. The summed E-state index contributed by atoms with van der Waals surface area (Å²) in [6.45, 7) is 0. The van der Waals surface area contributed by atoms with Gasteiger partial charge in [-0.1, -0.05) is 18.2 Å². The molecular formula is C15H13N3O4S. The third kappa shape index (κ3) is 3.48. The van der Waals surface area contributed by atoms with E-state index in [-0.39, 0.29) is 22.0 Å². The molecule has 1 atom stereocenters. The van der Waals surface area contributed by atoms with E-state index >= 15 is 0 Å². The van der Waals surface area contributed by atoms with Crippen LogP contribution < -0.4 is 11.5 Å². The van der Waals surface area contributed by atoms with Crippen LogP contribution in [-0.2, 0) is 14.6 Å². The van der Waals surface area contributed by atoms with Crippen molar-refractivity contribution in [2.45, 2.75) is 10.3 Å². The number of sulfone groups is 1. The third-order valence-electron chi connectivity index (χ3n) is 3.01. The van der Waals surface area contributed by atoms with Gasteiger partial charge in [0.2, 0.25) is 9.84 Å². The number of nitrogens with zero attached hydrogens (tertiary/aromatic N) is 1. The van der Waals surface area contributed by atoms with Crippen molar-refractivity contribution in [3.63, 3.8) is 0 Å². The van der Waals surface area contributed by atoms with Gasteiger partial charge in [-0.3, -0.25) is 4.79 Å². The molecule has 0 fully saturated rings. The Kier molecular flexibility index (Phi) is 4.64. The summed E-state index contributed by atoms with van der Waals surface area (Å²) in [7, 11) is -3.82. The lowest BCUT2D eigenvalue weighted by molar-refractivity contribution is -0.114. The molecule has 1 amide bonds. The fourth-order valence-electron chi connectivity index (χ4n) is 1.81. The molecule has 0 saturated heterocycles. The number of carbonyl (C=O) groups excluding carboxylic acids is 1. The Morgan fingerprint density at radius 1 is 1.22 bits per heavy atom. The van der Waals surface area contributed by atoms with E-state index in [1.807, 2.05) is 0 Å². The highest BCUT2D eigenvalue weighted by molar-refractivity contribution is 7.91. The second-order valence-corrected chi connectivity index (χ2v) is 6.62. The molecule has 1 unspecified atom stereocenters. The van der Waals surface area contributed by atoms with Gasteiger partial charge < -0.3 is 15.9 Å². The number of primary amides is 1. The van der Waals surface area contributed by atoms with E-state index in [9.17, 15) is 13.2 Å². The van der Waals surface area contributed by atoms with E-state index in [0.29, 0.717) is 0 Å². The monoisotopic (exact) mass is 331 g/mol. The van der Waals surface area contributed by atoms with E-state index in [1.165, 1.54) is 24.3 Å². The number of benzene rings is 1. The molecule has 0 bridgehead atoms. The first-order valence-electron chi connectivity index (χ1n) is 6.42. The molecule has 1 aromatic carbocycles. The number of rotatable bonds is 5.